The summed E-state index contributed by atoms with van der Waals surface area (Å²) in [6.45, 7) is 13.8. The normalized spacial score (nSPS) is 29.0. The van der Waals surface area contributed by atoms with Crippen LogP contribution in [0, 0.1) is 17.2 Å². The molecule has 1 fully saturated rings. The Balaban J connectivity index is 2.87. The van der Waals surface area contributed by atoms with Crippen LogP contribution in [0.4, 0.5) is 0 Å². The van der Waals surface area contributed by atoms with E-state index in [2.05, 4.69) is 39.9 Å². The molecule has 0 aromatic rings. The molecular weight excluding hydrogens is 298 g/mol. The first kappa shape index (κ1) is 19.6. The Bertz CT molecular complexity index is 419. The Labute approximate surface area is 135 Å². The predicted molar refractivity (Wildman–Crippen MR) is 87.6 cm³/mol. The van der Waals surface area contributed by atoms with E-state index in [0.717, 1.165) is 0 Å². The lowest BCUT2D eigenvalue weighted by molar-refractivity contribution is -0.215. The molecule has 4 atom stereocenters. The number of rotatable bonds is 4. The number of aliphatic hydroxyl groups excluding tert-OH is 1. The molecule has 1 aliphatic rings. The highest BCUT2D eigenvalue weighted by atomic mass is 28.4. The molecule has 1 rings (SSSR count). The Morgan fingerprint density at radius 2 is 1.77 bits per heavy atom. The van der Waals surface area contributed by atoms with Gasteiger partial charge in [-0.1, -0.05) is 20.8 Å². The summed E-state index contributed by atoms with van der Waals surface area (Å²) in [5, 5.41) is 29.6. The summed E-state index contributed by atoms with van der Waals surface area (Å²) < 4.78 is 12.1. The van der Waals surface area contributed by atoms with Crippen molar-refractivity contribution < 1.29 is 19.4 Å². The molecule has 0 spiro atoms. The lowest BCUT2D eigenvalue weighted by Gasteiger charge is -2.44. The van der Waals surface area contributed by atoms with E-state index in [4.69, 9.17) is 9.16 Å². The number of ether oxygens (including phenoxy) is 1. The molecule has 0 aromatic carbocycles. The molecule has 0 aromatic heterocycles. The Hall–Kier alpha value is -0.453. The summed E-state index contributed by atoms with van der Waals surface area (Å²) in [6, 6.07) is 2.26. The molecule has 6 heteroatoms. The lowest BCUT2D eigenvalue weighted by atomic mass is 9.87. The molecule has 1 aliphatic heterocycles. The van der Waals surface area contributed by atoms with Crippen molar-refractivity contribution in [1.29, 1.82) is 5.26 Å². The fraction of sp³-hybridized carbons (Fsp3) is 0.938. The predicted octanol–water partition coefficient (Wildman–Crippen LogP) is 2.78. The van der Waals surface area contributed by atoms with Gasteiger partial charge in [0.25, 0.3) is 0 Å². The van der Waals surface area contributed by atoms with Gasteiger partial charge in [0, 0.05) is 6.42 Å². The molecule has 1 heterocycles. The maximum absolute atomic E-state index is 10.3. The van der Waals surface area contributed by atoms with Crippen LogP contribution in [-0.4, -0.2) is 42.6 Å². The monoisotopic (exact) mass is 329 g/mol. The van der Waals surface area contributed by atoms with Gasteiger partial charge in [-0.05, 0) is 38.4 Å². The first-order valence-corrected chi connectivity index (χ1v) is 10.8. The van der Waals surface area contributed by atoms with Crippen LogP contribution in [0.1, 0.15) is 47.5 Å². The van der Waals surface area contributed by atoms with Crippen molar-refractivity contribution in [1.82, 2.24) is 0 Å². The second kappa shape index (κ2) is 6.58. The van der Waals surface area contributed by atoms with E-state index in [1.54, 1.807) is 13.8 Å². The van der Waals surface area contributed by atoms with Gasteiger partial charge in [0.15, 0.2) is 8.32 Å². The van der Waals surface area contributed by atoms with Gasteiger partial charge >= 0.3 is 0 Å². The molecule has 0 unspecified atom stereocenters. The maximum Gasteiger partial charge on any atom is 0.195 e. The van der Waals surface area contributed by atoms with Crippen LogP contribution in [0.2, 0.25) is 18.1 Å². The van der Waals surface area contributed by atoms with Gasteiger partial charge in [-0.3, -0.25) is 0 Å². The SMILES string of the molecule is CC(C)(O)[C@H](O)[C@H]1C[C@H](C#N)C[C@@H](O[Si](C)(C)C(C)(C)C)O1. The van der Waals surface area contributed by atoms with Crippen molar-refractivity contribution in [2.45, 2.75) is 89.7 Å². The van der Waals surface area contributed by atoms with E-state index in [9.17, 15) is 15.5 Å². The van der Waals surface area contributed by atoms with Crippen molar-refractivity contribution in [3.8, 4) is 6.07 Å². The van der Waals surface area contributed by atoms with Crippen LogP contribution in [0.5, 0.6) is 0 Å². The zero-order valence-electron chi connectivity index (χ0n) is 14.9. The van der Waals surface area contributed by atoms with Crippen molar-refractivity contribution in [3.05, 3.63) is 0 Å². The number of hydrogen-bond donors (Lipinski definition) is 2. The standard InChI is InChI=1S/C16H31NO4Si/c1-15(2,3)22(6,7)21-13-9-11(10-17)8-12(20-13)14(18)16(4,5)19/h11-14,18-19H,8-9H2,1-7H3/t11-,12+,13+,14+/m0/s1. The summed E-state index contributed by atoms with van der Waals surface area (Å²) in [5.74, 6) is -0.231. The highest BCUT2D eigenvalue weighted by Gasteiger charge is 2.44. The van der Waals surface area contributed by atoms with E-state index in [-0.39, 0.29) is 11.0 Å². The zero-order chi connectivity index (χ0) is 17.3. The Morgan fingerprint density at radius 3 is 2.18 bits per heavy atom. The molecular formula is C16H31NO4Si. The summed E-state index contributed by atoms with van der Waals surface area (Å²) in [4.78, 5) is 0. The largest absolute Gasteiger partial charge is 0.392 e. The van der Waals surface area contributed by atoms with Crippen LogP contribution < -0.4 is 0 Å². The van der Waals surface area contributed by atoms with Crippen LogP contribution in [0.15, 0.2) is 0 Å². The number of hydrogen-bond acceptors (Lipinski definition) is 5. The minimum atomic E-state index is -2.02. The maximum atomic E-state index is 10.3. The highest BCUT2D eigenvalue weighted by Crippen LogP contribution is 2.40. The molecule has 0 saturated carbocycles. The number of aliphatic hydroxyl groups is 2. The fourth-order valence-corrected chi connectivity index (χ4v) is 3.42. The van der Waals surface area contributed by atoms with E-state index in [0.29, 0.717) is 12.8 Å². The third-order valence-corrected chi connectivity index (χ3v) is 9.28. The minimum absolute atomic E-state index is 0.0420. The third kappa shape index (κ3) is 4.77. The van der Waals surface area contributed by atoms with Crippen LogP contribution >= 0.6 is 0 Å². The molecule has 0 radical (unpaired) electrons. The van der Waals surface area contributed by atoms with Gasteiger partial charge in [0.1, 0.15) is 12.4 Å². The second-order valence-corrected chi connectivity index (χ2v) is 13.1. The quantitative estimate of drug-likeness (QED) is 0.775. The van der Waals surface area contributed by atoms with E-state index in [1.807, 2.05) is 0 Å². The van der Waals surface area contributed by atoms with E-state index >= 15 is 0 Å². The molecule has 22 heavy (non-hydrogen) atoms. The van der Waals surface area contributed by atoms with Gasteiger partial charge in [-0.15, -0.1) is 0 Å². The summed E-state index contributed by atoms with van der Waals surface area (Å²) in [7, 11) is -2.02. The lowest BCUT2D eigenvalue weighted by Crippen LogP contribution is -2.53. The Morgan fingerprint density at radius 1 is 1.23 bits per heavy atom. The van der Waals surface area contributed by atoms with Gasteiger partial charge in [-0.25, -0.2) is 0 Å². The average molecular weight is 330 g/mol. The first-order chi connectivity index (χ1) is 9.78. The molecule has 0 bridgehead atoms. The van der Waals surface area contributed by atoms with Crippen LogP contribution in [0.3, 0.4) is 0 Å². The molecule has 0 aliphatic carbocycles. The molecule has 1 saturated heterocycles. The van der Waals surface area contributed by atoms with Crippen molar-refractivity contribution in [2.24, 2.45) is 5.92 Å². The zero-order valence-corrected chi connectivity index (χ0v) is 15.9. The van der Waals surface area contributed by atoms with Crippen molar-refractivity contribution in [2.75, 3.05) is 0 Å². The van der Waals surface area contributed by atoms with Crippen LogP contribution in [-0.2, 0) is 9.16 Å². The Kier molecular flexibility index (Phi) is 5.86. The number of nitriles is 1. The van der Waals surface area contributed by atoms with E-state index in [1.165, 1.54) is 0 Å². The first-order valence-electron chi connectivity index (χ1n) is 7.91. The van der Waals surface area contributed by atoms with Gasteiger partial charge in [0.05, 0.1) is 23.7 Å². The van der Waals surface area contributed by atoms with E-state index < -0.39 is 32.4 Å². The summed E-state index contributed by atoms with van der Waals surface area (Å²) in [6.07, 6.45) is -1.21. The minimum Gasteiger partial charge on any atom is -0.392 e. The third-order valence-electron chi connectivity index (χ3n) is 4.81. The summed E-state index contributed by atoms with van der Waals surface area (Å²) in [5.41, 5.74) is -1.27. The van der Waals surface area contributed by atoms with Crippen molar-refractivity contribution in [3.63, 3.8) is 0 Å². The van der Waals surface area contributed by atoms with Gasteiger partial charge < -0.3 is 19.4 Å². The molecule has 5 nitrogen and oxygen atoms in total. The van der Waals surface area contributed by atoms with Crippen molar-refractivity contribution >= 4 is 8.32 Å². The topological polar surface area (TPSA) is 82.7 Å². The highest BCUT2D eigenvalue weighted by molar-refractivity contribution is 6.74. The van der Waals surface area contributed by atoms with Crippen LogP contribution in [0.25, 0.3) is 0 Å². The second-order valence-electron chi connectivity index (χ2n) is 8.38. The van der Waals surface area contributed by atoms with Gasteiger partial charge in [0.2, 0.25) is 0 Å². The molecule has 0 amide bonds. The average Bonchev–Trinajstić information content (AvgIpc) is 2.34. The number of nitrogens with zero attached hydrogens (tertiary/aromatic N) is 1. The molecule has 2 N–H and O–H groups in total. The van der Waals surface area contributed by atoms with Gasteiger partial charge in [-0.2, -0.15) is 5.26 Å². The fourth-order valence-electron chi connectivity index (χ4n) is 2.26. The molecule has 128 valence electrons. The summed E-state index contributed by atoms with van der Waals surface area (Å²) >= 11 is 0. The smallest absolute Gasteiger partial charge is 0.195 e.